The molecule has 0 spiro atoms. The van der Waals surface area contributed by atoms with Gasteiger partial charge in [0.1, 0.15) is 0 Å². The number of nitrogens with two attached hydrogens (primary N) is 1. The number of amides is 1. The average Bonchev–Trinajstić information content (AvgIpc) is 2.35. The Morgan fingerprint density at radius 2 is 1.90 bits per heavy atom. The minimum Gasteiger partial charge on any atom is -0.398 e. The Balaban J connectivity index is 2.30. The fourth-order valence-electron chi connectivity index (χ4n) is 1.70. The van der Waals surface area contributed by atoms with Gasteiger partial charge in [0.15, 0.2) is 0 Å². The second-order valence-electron chi connectivity index (χ2n) is 4.45. The SMILES string of the molecule is Cc1cc(N)c(C(=O)Nc2cc(Cl)c(C)cc2Cl)cn1. The molecule has 1 heterocycles. The smallest absolute Gasteiger partial charge is 0.259 e. The van der Waals surface area contributed by atoms with Crippen LogP contribution in [0.3, 0.4) is 0 Å². The van der Waals surface area contributed by atoms with Crippen LogP contribution in [0.2, 0.25) is 10.0 Å². The van der Waals surface area contributed by atoms with Crippen LogP contribution < -0.4 is 11.1 Å². The fraction of sp³-hybridized carbons (Fsp3) is 0.143. The lowest BCUT2D eigenvalue weighted by atomic mass is 10.2. The summed E-state index contributed by atoms with van der Waals surface area (Å²) in [7, 11) is 0. The Bertz CT molecular complexity index is 686. The second-order valence-corrected chi connectivity index (χ2v) is 5.26. The summed E-state index contributed by atoms with van der Waals surface area (Å²) in [5.74, 6) is -0.378. The van der Waals surface area contributed by atoms with Crippen molar-refractivity contribution in [1.82, 2.24) is 4.98 Å². The van der Waals surface area contributed by atoms with E-state index >= 15 is 0 Å². The van der Waals surface area contributed by atoms with E-state index in [9.17, 15) is 4.79 Å². The molecule has 1 amide bonds. The van der Waals surface area contributed by atoms with E-state index in [1.165, 1.54) is 6.20 Å². The van der Waals surface area contributed by atoms with Crippen molar-refractivity contribution in [2.24, 2.45) is 0 Å². The van der Waals surface area contributed by atoms with Crippen molar-refractivity contribution in [3.63, 3.8) is 0 Å². The van der Waals surface area contributed by atoms with Crippen molar-refractivity contribution in [2.45, 2.75) is 13.8 Å². The molecule has 0 aliphatic heterocycles. The van der Waals surface area contributed by atoms with Crippen LogP contribution in [0, 0.1) is 13.8 Å². The number of rotatable bonds is 2. The molecule has 0 saturated heterocycles. The Hall–Kier alpha value is -1.78. The molecule has 3 N–H and O–H groups in total. The first-order chi connectivity index (χ1) is 9.38. The number of nitrogens with zero attached hydrogens (tertiary/aromatic N) is 1. The first kappa shape index (κ1) is 14.6. The van der Waals surface area contributed by atoms with Crippen LogP contribution >= 0.6 is 23.2 Å². The minimum absolute atomic E-state index is 0.295. The summed E-state index contributed by atoms with van der Waals surface area (Å²) in [4.78, 5) is 16.2. The molecule has 4 nitrogen and oxygen atoms in total. The Morgan fingerprint density at radius 3 is 2.55 bits per heavy atom. The number of carbonyl (C=O) groups is 1. The molecule has 1 aromatic heterocycles. The number of carbonyl (C=O) groups excluding carboxylic acids is 1. The van der Waals surface area contributed by atoms with E-state index < -0.39 is 0 Å². The number of aryl methyl sites for hydroxylation is 2. The monoisotopic (exact) mass is 309 g/mol. The topological polar surface area (TPSA) is 68.0 Å². The van der Waals surface area contributed by atoms with Gasteiger partial charge in [0.05, 0.1) is 16.3 Å². The molecule has 0 bridgehead atoms. The number of nitrogen functional groups attached to an aromatic ring is 1. The molecule has 0 aliphatic carbocycles. The molecule has 2 aromatic rings. The highest BCUT2D eigenvalue weighted by molar-refractivity contribution is 6.36. The fourth-order valence-corrected chi connectivity index (χ4v) is 2.13. The highest BCUT2D eigenvalue weighted by Gasteiger charge is 2.13. The van der Waals surface area contributed by atoms with Gasteiger partial charge in [-0.15, -0.1) is 0 Å². The number of benzene rings is 1. The molecule has 0 aliphatic rings. The standard InChI is InChI=1S/C14H13Cl2N3O/c1-7-3-11(16)13(5-10(7)15)19-14(20)9-6-18-8(2)4-12(9)17/h3-6H,1-2H3,(H2,17,18)(H,19,20). The van der Waals surface area contributed by atoms with Gasteiger partial charge in [0, 0.05) is 22.6 Å². The normalized spacial score (nSPS) is 10.4. The third-order valence-electron chi connectivity index (χ3n) is 2.81. The maximum absolute atomic E-state index is 12.2. The Labute approximate surface area is 126 Å². The lowest BCUT2D eigenvalue weighted by Crippen LogP contribution is -2.15. The summed E-state index contributed by atoms with van der Waals surface area (Å²) >= 11 is 12.1. The summed E-state index contributed by atoms with van der Waals surface area (Å²) in [5.41, 5.74) is 8.49. The van der Waals surface area contributed by atoms with Gasteiger partial charge >= 0.3 is 0 Å². The predicted octanol–water partition coefficient (Wildman–Crippen LogP) is 3.84. The van der Waals surface area contributed by atoms with Crippen molar-refractivity contribution in [1.29, 1.82) is 0 Å². The summed E-state index contributed by atoms with van der Waals surface area (Å²) in [6.45, 7) is 3.64. The zero-order valence-corrected chi connectivity index (χ0v) is 12.5. The van der Waals surface area contributed by atoms with Crippen LogP contribution in [0.15, 0.2) is 24.4 Å². The highest BCUT2D eigenvalue weighted by atomic mass is 35.5. The van der Waals surface area contributed by atoms with Gasteiger partial charge in [-0.1, -0.05) is 23.2 Å². The summed E-state index contributed by atoms with van der Waals surface area (Å²) < 4.78 is 0. The van der Waals surface area contributed by atoms with E-state index in [0.717, 1.165) is 11.3 Å². The van der Waals surface area contributed by atoms with Gasteiger partial charge in [0.25, 0.3) is 5.91 Å². The van der Waals surface area contributed by atoms with Crippen molar-refractivity contribution in [3.8, 4) is 0 Å². The summed E-state index contributed by atoms with van der Waals surface area (Å²) in [6.07, 6.45) is 1.43. The molecule has 0 radical (unpaired) electrons. The van der Waals surface area contributed by atoms with Crippen molar-refractivity contribution in [3.05, 3.63) is 51.3 Å². The first-order valence-corrected chi connectivity index (χ1v) is 6.63. The third-order valence-corrected chi connectivity index (χ3v) is 3.53. The van der Waals surface area contributed by atoms with Crippen LogP contribution in [0.5, 0.6) is 0 Å². The first-order valence-electron chi connectivity index (χ1n) is 5.87. The van der Waals surface area contributed by atoms with E-state index in [0.29, 0.717) is 27.0 Å². The van der Waals surface area contributed by atoms with Gasteiger partial charge in [-0.2, -0.15) is 0 Å². The van der Waals surface area contributed by atoms with E-state index in [-0.39, 0.29) is 5.91 Å². The molecule has 0 unspecified atom stereocenters. The number of hydrogen-bond donors (Lipinski definition) is 2. The van der Waals surface area contributed by atoms with Gasteiger partial charge in [-0.05, 0) is 37.6 Å². The molecule has 2 rings (SSSR count). The molecular weight excluding hydrogens is 297 g/mol. The molecule has 6 heteroatoms. The number of hydrogen-bond acceptors (Lipinski definition) is 3. The number of halogens is 2. The molecule has 1 aromatic carbocycles. The zero-order chi connectivity index (χ0) is 14.9. The van der Waals surface area contributed by atoms with Crippen LogP contribution in [-0.4, -0.2) is 10.9 Å². The average molecular weight is 310 g/mol. The van der Waals surface area contributed by atoms with Crippen molar-refractivity contribution < 1.29 is 4.79 Å². The molecular formula is C14H13Cl2N3O. The highest BCUT2D eigenvalue weighted by Crippen LogP contribution is 2.29. The van der Waals surface area contributed by atoms with Crippen molar-refractivity contribution >= 4 is 40.5 Å². The van der Waals surface area contributed by atoms with Gasteiger partial charge in [-0.3, -0.25) is 9.78 Å². The Morgan fingerprint density at radius 1 is 1.20 bits per heavy atom. The van der Waals surface area contributed by atoms with Crippen LogP contribution in [-0.2, 0) is 0 Å². The van der Waals surface area contributed by atoms with E-state index in [4.69, 9.17) is 28.9 Å². The predicted molar refractivity (Wildman–Crippen MR) is 82.5 cm³/mol. The third kappa shape index (κ3) is 3.03. The number of pyridine rings is 1. The van der Waals surface area contributed by atoms with Gasteiger partial charge in [0.2, 0.25) is 0 Å². The number of aromatic nitrogens is 1. The van der Waals surface area contributed by atoms with Crippen LogP contribution in [0.1, 0.15) is 21.6 Å². The van der Waals surface area contributed by atoms with Crippen LogP contribution in [0.4, 0.5) is 11.4 Å². The van der Waals surface area contributed by atoms with Gasteiger partial charge < -0.3 is 11.1 Å². The minimum atomic E-state index is -0.378. The van der Waals surface area contributed by atoms with Crippen molar-refractivity contribution in [2.75, 3.05) is 11.1 Å². The van der Waals surface area contributed by atoms with E-state index in [1.54, 1.807) is 25.1 Å². The maximum Gasteiger partial charge on any atom is 0.259 e. The summed E-state index contributed by atoms with van der Waals surface area (Å²) in [6, 6.07) is 4.93. The largest absolute Gasteiger partial charge is 0.398 e. The lowest BCUT2D eigenvalue weighted by molar-refractivity contribution is 0.102. The van der Waals surface area contributed by atoms with Crippen LogP contribution in [0.25, 0.3) is 0 Å². The lowest BCUT2D eigenvalue weighted by Gasteiger charge is -2.10. The number of anilines is 2. The molecule has 0 fully saturated rings. The Kier molecular flexibility index (Phi) is 4.16. The molecule has 104 valence electrons. The van der Waals surface area contributed by atoms with Gasteiger partial charge in [-0.25, -0.2) is 0 Å². The summed E-state index contributed by atoms with van der Waals surface area (Å²) in [5, 5.41) is 3.62. The van der Waals surface area contributed by atoms with E-state index in [2.05, 4.69) is 10.3 Å². The number of nitrogens with one attached hydrogen (secondary N) is 1. The molecule has 0 atom stereocenters. The van der Waals surface area contributed by atoms with E-state index in [1.807, 2.05) is 6.92 Å². The maximum atomic E-state index is 12.2. The quantitative estimate of drug-likeness (QED) is 0.885. The molecule has 0 saturated carbocycles. The second kappa shape index (κ2) is 5.69. The molecule has 20 heavy (non-hydrogen) atoms. The zero-order valence-electron chi connectivity index (χ0n) is 11.0.